The summed E-state index contributed by atoms with van der Waals surface area (Å²) in [6.07, 6.45) is 70.3. The zero-order valence-electron chi connectivity index (χ0n) is 50.7. The van der Waals surface area contributed by atoms with Gasteiger partial charge in [-0.2, -0.15) is 0 Å². The van der Waals surface area contributed by atoms with Crippen molar-refractivity contribution in [2.75, 3.05) is 40.9 Å². The van der Waals surface area contributed by atoms with Crippen molar-refractivity contribution in [2.24, 2.45) is 0 Å². The molecule has 444 valence electrons. The van der Waals surface area contributed by atoms with Crippen molar-refractivity contribution in [1.82, 2.24) is 5.32 Å². The van der Waals surface area contributed by atoms with Crippen LogP contribution in [0.5, 0.6) is 0 Å². The zero-order valence-corrected chi connectivity index (χ0v) is 51.6. The van der Waals surface area contributed by atoms with E-state index < -0.39 is 26.6 Å². The van der Waals surface area contributed by atoms with Gasteiger partial charge in [-0.25, -0.2) is 0 Å². The number of phosphoric ester groups is 1. The summed E-state index contributed by atoms with van der Waals surface area (Å²) in [5.41, 5.74) is 0. The number of hydrogen-bond acceptors (Lipinski definition) is 7. The van der Waals surface area contributed by atoms with Gasteiger partial charge in [-0.15, -0.1) is 0 Å². The summed E-state index contributed by atoms with van der Waals surface area (Å²) in [6, 6.07) is -0.893. The molecule has 0 bridgehead atoms. The van der Waals surface area contributed by atoms with Gasteiger partial charge in [0.05, 0.1) is 33.8 Å². The number of likely N-dealkylation sites (N-methyl/N-ethyl adjacent to an activating group) is 1. The second-order valence-corrected chi connectivity index (χ2v) is 24.3. The lowest BCUT2D eigenvalue weighted by atomic mass is 10.0. The van der Waals surface area contributed by atoms with E-state index in [0.29, 0.717) is 17.4 Å². The summed E-state index contributed by atoms with van der Waals surface area (Å²) in [5.74, 6) is -0.544. The minimum atomic E-state index is -4.70. The summed E-state index contributed by atoms with van der Waals surface area (Å²) >= 11 is 0. The molecule has 9 nitrogen and oxygen atoms in total. The van der Waals surface area contributed by atoms with Crippen LogP contribution in [0.1, 0.15) is 297 Å². The van der Waals surface area contributed by atoms with Crippen molar-refractivity contribution in [2.45, 2.75) is 309 Å². The number of hydrogen-bond donors (Lipinski definition) is 1. The average molecular weight is 1090 g/mol. The smallest absolute Gasteiger partial charge is 0.306 e. The number of carbonyl (C=O) groups is 2. The van der Waals surface area contributed by atoms with E-state index in [1.807, 2.05) is 33.3 Å². The van der Waals surface area contributed by atoms with Crippen molar-refractivity contribution in [3.8, 4) is 0 Å². The van der Waals surface area contributed by atoms with Gasteiger partial charge in [0, 0.05) is 12.8 Å². The molecule has 0 saturated heterocycles. The molecule has 0 aliphatic rings. The van der Waals surface area contributed by atoms with Gasteiger partial charge < -0.3 is 28.5 Å². The van der Waals surface area contributed by atoms with Crippen molar-refractivity contribution < 1.29 is 37.3 Å². The summed E-state index contributed by atoms with van der Waals surface area (Å²) < 4.78 is 30.3. The summed E-state index contributed by atoms with van der Waals surface area (Å²) in [7, 11) is 1.18. The van der Waals surface area contributed by atoms with Crippen LogP contribution in [0, 0.1) is 0 Å². The van der Waals surface area contributed by atoms with Gasteiger partial charge in [0.2, 0.25) is 5.91 Å². The van der Waals surface area contributed by atoms with E-state index in [9.17, 15) is 19.0 Å². The van der Waals surface area contributed by atoms with Gasteiger partial charge >= 0.3 is 5.97 Å². The van der Waals surface area contributed by atoms with Crippen LogP contribution >= 0.6 is 7.82 Å². The Morgan fingerprint density at radius 3 is 1.21 bits per heavy atom. The fourth-order valence-corrected chi connectivity index (χ4v) is 9.89. The second-order valence-electron chi connectivity index (χ2n) is 22.9. The molecule has 1 N–H and O–H groups in total. The van der Waals surface area contributed by atoms with Crippen LogP contribution in [0.15, 0.2) is 60.8 Å². The molecule has 3 atom stereocenters. The van der Waals surface area contributed by atoms with Crippen molar-refractivity contribution in [1.29, 1.82) is 0 Å². The monoisotopic (exact) mass is 1090 g/mol. The standard InChI is InChI=1S/C66H123N2O7P/c1-7-10-13-16-19-22-25-28-30-32-34-36-38-40-43-46-49-52-55-58-65(69)67-63(62-74-76(71,72)73-61-60-68(4,5)6)64(57-54-51-48-45-42-27-24-21-18-15-12-9-3)75-66(70)59-56-53-50-47-44-41-39-37-35-33-31-29-26-23-20-17-14-11-8-2/h19-20,22-23,28-31,54,57,63-64H,7-18,21,24-27,32-53,55-56,58-62H2,1-6H3,(H-,67,69,71,72)/b22-19-,23-20-,30-28-,31-29-,57-54+. The first-order chi connectivity index (χ1) is 36.9. The minimum Gasteiger partial charge on any atom is -0.756 e. The van der Waals surface area contributed by atoms with Gasteiger partial charge in [-0.1, -0.05) is 249 Å². The molecule has 0 rings (SSSR count). The van der Waals surface area contributed by atoms with Crippen LogP contribution in [0.2, 0.25) is 0 Å². The summed E-state index contributed by atoms with van der Waals surface area (Å²) in [5, 5.41) is 3.03. The Labute approximate surface area is 471 Å². The van der Waals surface area contributed by atoms with Crippen LogP contribution in [-0.4, -0.2) is 69.4 Å². The van der Waals surface area contributed by atoms with Gasteiger partial charge in [-0.3, -0.25) is 14.2 Å². The number of allylic oxidation sites excluding steroid dienone is 9. The number of ether oxygens (including phenoxy) is 1. The Kier molecular flexibility index (Phi) is 54.3. The molecule has 0 aromatic carbocycles. The summed E-state index contributed by atoms with van der Waals surface area (Å²) in [6.45, 7) is 6.81. The zero-order chi connectivity index (χ0) is 55.7. The molecule has 0 aliphatic carbocycles. The lowest BCUT2D eigenvalue weighted by Gasteiger charge is -2.30. The van der Waals surface area contributed by atoms with E-state index in [1.165, 1.54) is 173 Å². The molecule has 0 saturated carbocycles. The third-order valence-corrected chi connectivity index (χ3v) is 15.1. The predicted molar refractivity (Wildman–Crippen MR) is 325 cm³/mol. The van der Waals surface area contributed by atoms with Gasteiger partial charge in [0.1, 0.15) is 19.3 Å². The van der Waals surface area contributed by atoms with E-state index in [-0.39, 0.29) is 24.9 Å². The highest BCUT2D eigenvalue weighted by molar-refractivity contribution is 7.45. The molecule has 0 fully saturated rings. The predicted octanol–water partition coefficient (Wildman–Crippen LogP) is 19.2. The first kappa shape index (κ1) is 73.7. The molecule has 10 heteroatoms. The van der Waals surface area contributed by atoms with Crippen molar-refractivity contribution in [3.63, 3.8) is 0 Å². The van der Waals surface area contributed by atoms with Gasteiger partial charge in [-0.05, 0) is 96.0 Å². The molecular weight excluding hydrogens is 964 g/mol. The maximum atomic E-state index is 13.5. The van der Waals surface area contributed by atoms with E-state index >= 15 is 0 Å². The molecule has 0 aromatic rings. The molecule has 0 radical (unpaired) electrons. The molecule has 0 aromatic heterocycles. The fraction of sp³-hybridized carbons (Fsp3) is 0.818. The lowest BCUT2D eigenvalue weighted by Crippen LogP contribution is -2.47. The number of nitrogens with one attached hydrogen (secondary N) is 1. The highest BCUT2D eigenvalue weighted by Gasteiger charge is 2.27. The first-order valence-corrected chi connectivity index (χ1v) is 33.6. The Morgan fingerprint density at radius 1 is 0.461 bits per heavy atom. The number of unbranched alkanes of at least 4 members (excludes halogenated alkanes) is 34. The van der Waals surface area contributed by atoms with Crippen LogP contribution in [0.25, 0.3) is 0 Å². The van der Waals surface area contributed by atoms with Crippen LogP contribution in [-0.2, 0) is 27.9 Å². The maximum Gasteiger partial charge on any atom is 0.306 e. The van der Waals surface area contributed by atoms with E-state index in [1.54, 1.807) is 0 Å². The number of carbonyl (C=O) groups excluding carboxylic acids is 2. The molecule has 1 amide bonds. The molecular formula is C66H123N2O7P. The molecule has 0 spiro atoms. The average Bonchev–Trinajstić information content (AvgIpc) is 3.38. The first-order valence-electron chi connectivity index (χ1n) is 32.1. The highest BCUT2D eigenvalue weighted by Crippen LogP contribution is 2.38. The van der Waals surface area contributed by atoms with Crippen LogP contribution in [0.3, 0.4) is 0 Å². The number of phosphoric acid groups is 1. The largest absolute Gasteiger partial charge is 0.756 e. The quantitative estimate of drug-likeness (QED) is 0.0212. The maximum absolute atomic E-state index is 13.5. The summed E-state index contributed by atoms with van der Waals surface area (Å²) in [4.78, 5) is 40.0. The Balaban J connectivity index is 5.22. The van der Waals surface area contributed by atoms with Crippen molar-refractivity contribution >= 4 is 19.7 Å². The van der Waals surface area contributed by atoms with E-state index in [0.717, 1.165) is 89.9 Å². The van der Waals surface area contributed by atoms with Gasteiger partial charge in [0.25, 0.3) is 7.82 Å². The highest BCUT2D eigenvalue weighted by atomic mass is 31.2. The number of esters is 1. The third kappa shape index (κ3) is 56.4. The Morgan fingerprint density at radius 2 is 0.803 bits per heavy atom. The number of rotatable bonds is 58. The number of amides is 1. The topological polar surface area (TPSA) is 114 Å². The van der Waals surface area contributed by atoms with E-state index in [2.05, 4.69) is 74.7 Å². The third-order valence-electron chi connectivity index (χ3n) is 14.2. The molecule has 0 aliphatic heterocycles. The SMILES string of the molecule is CCCCC/C=C\C/C=C\CCCCCCCCCCCC(=O)NC(COP(=O)([O-])OCC[N+](C)(C)C)C(/C=C/CCCCCCCCCCCC)OC(=O)CCCCCCCCCCC/C=C\C/C=C\CCCCC. The van der Waals surface area contributed by atoms with Gasteiger partial charge in [0.15, 0.2) is 0 Å². The fourth-order valence-electron chi connectivity index (χ4n) is 9.17. The van der Waals surface area contributed by atoms with Crippen LogP contribution < -0.4 is 10.2 Å². The van der Waals surface area contributed by atoms with E-state index in [4.69, 9.17) is 13.8 Å². The molecule has 3 unspecified atom stereocenters. The number of quaternary nitrogens is 1. The molecule has 76 heavy (non-hydrogen) atoms. The molecule has 0 heterocycles. The second kappa shape index (κ2) is 56.0. The van der Waals surface area contributed by atoms with Crippen LogP contribution in [0.4, 0.5) is 0 Å². The minimum absolute atomic E-state index is 0.0246. The Hall–Kier alpha value is -2.29. The Bertz CT molecular complexity index is 1490. The number of nitrogens with zero attached hydrogens (tertiary/aromatic N) is 1. The lowest BCUT2D eigenvalue weighted by molar-refractivity contribution is -0.870. The van der Waals surface area contributed by atoms with Crippen molar-refractivity contribution in [3.05, 3.63) is 60.8 Å². The normalized spacial score (nSPS) is 14.0.